The molecule has 28 heavy (non-hydrogen) atoms. The quantitative estimate of drug-likeness (QED) is 0.440. The highest BCUT2D eigenvalue weighted by atomic mass is 16.6. The monoisotopic (exact) mass is 390 g/mol. The molecule has 0 aromatic heterocycles. The van der Waals surface area contributed by atoms with E-state index >= 15 is 0 Å². The van der Waals surface area contributed by atoms with Crippen LogP contribution in [-0.2, 0) is 15.9 Å². The second-order valence-corrected chi connectivity index (χ2v) is 7.90. The van der Waals surface area contributed by atoms with E-state index < -0.39 is 5.60 Å². The number of carbonyl (C=O) groups is 1. The predicted molar refractivity (Wildman–Crippen MR) is 111 cm³/mol. The molecule has 1 fully saturated rings. The van der Waals surface area contributed by atoms with Crippen molar-refractivity contribution in [3.05, 3.63) is 35.9 Å². The number of aliphatic imine (C=N–C) groups is 1. The fraction of sp³-hybridized carbons (Fsp3) is 0.619. The molecule has 0 spiro atoms. The summed E-state index contributed by atoms with van der Waals surface area (Å²) in [4.78, 5) is 20.3. The maximum absolute atomic E-state index is 12.1. The van der Waals surface area contributed by atoms with Crippen LogP contribution in [0.1, 0.15) is 32.8 Å². The number of ether oxygens (including phenoxy) is 2. The molecule has 0 atom stereocenters. The van der Waals surface area contributed by atoms with Gasteiger partial charge in [0.1, 0.15) is 5.60 Å². The van der Waals surface area contributed by atoms with Crippen LogP contribution in [0.2, 0.25) is 0 Å². The Morgan fingerprint density at radius 1 is 1.07 bits per heavy atom. The third-order valence-corrected chi connectivity index (χ3v) is 4.35. The van der Waals surface area contributed by atoms with E-state index in [1.54, 1.807) is 4.90 Å². The lowest BCUT2D eigenvalue weighted by Gasteiger charge is -2.36. The molecular weight excluding hydrogens is 356 g/mol. The fourth-order valence-corrected chi connectivity index (χ4v) is 2.84. The van der Waals surface area contributed by atoms with Gasteiger partial charge < -0.3 is 25.0 Å². The second kappa shape index (κ2) is 10.9. The van der Waals surface area contributed by atoms with Crippen molar-refractivity contribution in [2.75, 3.05) is 45.9 Å². The van der Waals surface area contributed by atoms with Crippen LogP contribution >= 0.6 is 0 Å². The Labute approximate surface area is 168 Å². The molecule has 156 valence electrons. The molecule has 7 nitrogen and oxygen atoms in total. The highest BCUT2D eigenvalue weighted by Gasteiger charge is 2.26. The van der Waals surface area contributed by atoms with Gasteiger partial charge in [0.2, 0.25) is 0 Å². The van der Waals surface area contributed by atoms with E-state index in [0.717, 1.165) is 19.4 Å². The molecule has 1 aliphatic rings. The van der Waals surface area contributed by atoms with Crippen LogP contribution in [0.4, 0.5) is 4.79 Å². The van der Waals surface area contributed by atoms with Crippen LogP contribution in [0.3, 0.4) is 0 Å². The Bertz CT molecular complexity index is 620. The van der Waals surface area contributed by atoms with Crippen molar-refractivity contribution in [3.63, 3.8) is 0 Å². The van der Waals surface area contributed by atoms with Crippen molar-refractivity contribution in [1.29, 1.82) is 0 Å². The summed E-state index contributed by atoms with van der Waals surface area (Å²) in [5, 5.41) is 0. The number of hydrogen-bond donors (Lipinski definition) is 1. The van der Waals surface area contributed by atoms with Gasteiger partial charge in [0.25, 0.3) is 0 Å². The molecule has 0 radical (unpaired) electrons. The lowest BCUT2D eigenvalue weighted by molar-refractivity contribution is 0.0186. The minimum Gasteiger partial charge on any atom is -0.444 e. The molecule has 2 rings (SSSR count). The number of rotatable bonds is 7. The average Bonchev–Trinajstić information content (AvgIpc) is 2.66. The van der Waals surface area contributed by atoms with Crippen LogP contribution in [0.5, 0.6) is 0 Å². The molecule has 1 amide bonds. The van der Waals surface area contributed by atoms with Gasteiger partial charge in [-0.15, -0.1) is 0 Å². The largest absolute Gasteiger partial charge is 0.444 e. The van der Waals surface area contributed by atoms with Gasteiger partial charge in [0.15, 0.2) is 5.96 Å². The molecule has 1 aliphatic heterocycles. The van der Waals surface area contributed by atoms with Gasteiger partial charge in [-0.2, -0.15) is 0 Å². The summed E-state index contributed by atoms with van der Waals surface area (Å²) in [6.07, 6.45) is 1.50. The van der Waals surface area contributed by atoms with E-state index in [9.17, 15) is 4.79 Å². The van der Waals surface area contributed by atoms with Crippen molar-refractivity contribution in [3.8, 4) is 0 Å². The van der Waals surface area contributed by atoms with Gasteiger partial charge in [0, 0.05) is 39.3 Å². The molecule has 1 aromatic rings. The van der Waals surface area contributed by atoms with Gasteiger partial charge in [-0.05, 0) is 39.2 Å². The fourth-order valence-electron chi connectivity index (χ4n) is 2.84. The van der Waals surface area contributed by atoms with E-state index in [2.05, 4.69) is 17.1 Å². The first-order valence-corrected chi connectivity index (χ1v) is 9.99. The molecular formula is C21H34N4O3. The zero-order valence-electron chi connectivity index (χ0n) is 17.4. The molecule has 0 saturated carbocycles. The van der Waals surface area contributed by atoms with Crippen LogP contribution in [0.15, 0.2) is 35.3 Å². The number of guanidine groups is 1. The molecule has 1 saturated heterocycles. The third kappa shape index (κ3) is 8.17. The number of nitrogens with zero attached hydrogens (tertiary/aromatic N) is 3. The van der Waals surface area contributed by atoms with Crippen molar-refractivity contribution < 1.29 is 14.3 Å². The van der Waals surface area contributed by atoms with Crippen molar-refractivity contribution in [2.24, 2.45) is 10.7 Å². The van der Waals surface area contributed by atoms with Gasteiger partial charge in [-0.3, -0.25) is 4.99 Å². The minimum atomic E-state index is -0.474. The average molecular weight is 391 g/mol. The number of benzene rings is 1. The molecule has 7 heteroatoms. The lowest BCUT2D eigenvalue weighted by Crippen LogP contribution is -2.53. The van der Waals surface area contributed by atoms with E-state index in [1.165, 1.54) is 5.56 Å². The van der Waals surface area contributed by atoms with Crippen molar-refractivity contribution in [2.45, 2.75) is 39.2 Å². The van der Waals surface area contributed by atoms with E-state index in [0.29, 0.717) is 45.3 Å². The first-order valence-electron chi connectivity index (χ1n) is 9.99. The van der Waals surface area contributed by atoms with Crippen LogP contribution in [0, 0.1) is 0 Å². The SMILES string of the molecule is CC(C)(C)OC(=O)N1CCN(C(N)=NCCCOCCc2ccccc2)CC1. The molecule has 1 aromatic carbocycles. The molecule has 0 unspecified atom stereocenters. The summed E-state index contributed by atoms with van der Waals surface area (Å²) in [5.74, 6) is 0.535. The van der Waals surface area contributed by atoms with Gasteiger partial charge in [0.05, 0.1) is 6.61 Å². The summed E-state index contributed by atoms with van der Waals surface area (Å²) < 4.78 is 11.1. The Hall–Kier alpha value is -2.28. The van der Waals surface area contributed by atoms with E-state index in [4.69, 9.17) is 15.2 Å². The maximum atomic E-state index is 12.1. The second-order valence-electron chi connectivity index (χ2n) is 7.90. The van der Waals surface area contributed by atoms with Crippen LogP contribution < -0.4 is 5.73 Å². The van der Waals surface area contributed by atoms with Gasteiger partial charge in [-0.1, -0.05) is 30.3 Å². The number of piperazine rings is 1. The normalized spacial score (nSPS) is 15.6. The zero-order valence-corrected chi connectivity index (χ0v) is 17.4. The third-order valence-electron chi connectivity index (χ3n) is 4.35. The number of carbonyl (C=O) groups excluding carboxylic acids is 1. The summed E-state index contributed by atoms with van der Waals surface area (Å²) in [7, 11) is 0. The number of amides is 1. The molecule has 1 heterocycles. The topological polar surface area (TPSA) is 80.4 Å². The Morgan fingerprint density at radius 2 is 1.71 bits per heavy atom. The maximum Gasteiger partial charge on any atom is 0.410 e. The Balaban J connectivity index is 1.58. The van der Waals surface area contributed by atoms with E-state index in [1.807, 2.05) is 43.9 Å². The summed E-state index contributed by atoms with van der Waals surface area (Å²) in [6, 6.07) is 10.3. The first-order chi connectivity index (χ1) is 13.3. The summed E-state index contributed by atoms with van der Waals surface area (Å²) >= 11 is 0. The molecule has 0 aliphatic carbocycles. The predicted octanol–water partition coefficient (Wildman–Crippen LogP) is 2.50. The highest BCUT2D eigenvalue weighted by molar-refractivity contribution is 5.78. The number of hydrogen-bond acceptors (Lipinski definition) is 4. The highest BCUT2D eigenvalue weighted by Crippen LogP contribution is 2.11. The lowest BCUT2D eigenvalue weighted by atomic mass is 10.2. The van der Waals surface area contributed by atoms with Crippen molar-refractivity contribution in [1.82, 2.24) is 9.80 Å². The van der Waals surface area contributed by atoms with Gasteiger partial charge >= 0.3 is 6.09 Å². The molecule has 0 bridgehead atoms. The molecule has 2 N–H and O–H groups in total. The standard InChI is InChI=1S/C21H34N4O3/c1-21(2,3)28-20(26)25-14-12-24(13-15-25)19(22)23-11-7-16-27-17-10-18-8-5-4-6-9-18/h4-6,8-9H,7,10-17H2,1-3H3,(H2,22,23). The smallest absolute Gasteiger partial charge is 0.410 e. The van der Waals surface area contributed by atoms with Crippen LogP contribution in [-0.4, -0.2) is 73.4 Å². The van der Waals surface area contributed by atoms with Crippen LogP contribution in [0.25, 0.3) is 0 Å². The first kappa shape index (κ1) is 22.0. The zero-order chi connectivity index (χ0) is 20.4. The number of nitrogens with two attached hydrogens (primary N) is 1. The Kier molecular flexibility index (Phi) is 8.57. The van der Waals surface area contributed by atoms with E-state index in [-0.39, 0.29) is 6.09 Å². The minimum absolute atomic E-state index is 0.268. The summed E-state index contributed by atoms with van der Waals surface area (Å²) in [5.41, 5.74) is 6.90. The van der Waals surface area contributed by atoms with Crippen molar-refractivity contribution >= 4 is 12.1 Å². The Morgan fingerprint density at radius 3 is 2.36 bits per heavy atom. The summed E-state index contributed by atoms with van der Waals surface area (Å²) in [6.45, 7) is 10.2. The van der Waals surface area contributed by atoms with Gasteiger partial charge in [-0.25, -0.2) is 4.79 Å².